The zero-order valence-corrected chi connectivity index (χ0v) is 15.7. The van der Waals surface area contributed by atoms with Crippen LogP contribution in [0.25, 0.3) is 0 Å². The molecule has 1 aromatic heterocycles. The van der Waals surface area contributed by atoms with Crippen molar-refractivity contribution in [1.82, 2.24) is 15.1 Å². The molecule has 0 bridgehead atoms. The normalized spacial score (nSPS) is 17.6. The number of carbonyl (C=O) groups excluding carboxylic acids is 1. The summed E-state index contributed by atoms with van der Waals surface area (Å²) < 4.78 is 0. The van der Waals surface area contributed by atoms with E-state index in [-0.39, 0.29) is 6.03 Å². The van der Waals surface area contributed by atoms with Crippen LogP contribution in [-0.4, -0.2) is 42.5 Å². The Morgan fingerprint density at radius 1 is 1.28 bits per heavy atom. The molecule has 0 spiro atoms. The number of nitrogens with one attached hydrogen (secondary N) is 1. The minimum Gasteiger partial charge on any atom is -0.338 e. The van der Waals surface area contributed by atoms with Crippen molar-refractivity contribution in [3.05, 3.63) is 58.3 Å². The van der Waals surface area contributed by atoms with Gasteiger partial charge in [0.1, 0.15) is 0 Å². The second kappa shape index (κ2) is 9.02. The summed E-state index contributed by atoms with van der Waals surface area (Å²) in [5.41, 5.74) is 1.38. The first-order chi connectivity index (χ1) is 12.2. The number of hydrogen-bond donors (Lipinski definition) is 1. The fraction of sp³-hybridized carbons (Fsp3) is 0.450. The molecule has 2 aromatic rings. The maximum atomic E-state index is 12.2. The molecule has 25 heavy (non-hydrogen) atoms. The van der Waals surface area contributed by atoms with Crippen molar-refractivity contribution in [2.24, 2.45) is 5.92 Å². The SMILES string of the molecule is CN(Cc1cccs1)C(=O)NCC[C@H]1CCN(Cc2ccccc2)C1. The number of rotatable bonds is 7. The predicted octanol–water partition coefficient (Wildman–Crippen LogP) is 3.80. The minimum atomic E-state index is 0.0209. The van der Waals surface area contributed by atoms with Crippen molar-refractivity contribution in [2.75, 3.05) is 26.7 Å². The number of carbonyl (C=O) groups is 1. The van der Waals surface area contributed by atoms with Crippen LogP contribution in [0, 0.1) is 5.92 Å². The van der Waals surface area contributed by atoms with Gasteiger partial charge in [0.25, 0.3) is 0 Å². The van der Waals surface area contributed by atoms with Crippen molar-refractivity contribution in [1.29, 1.82) is 0 Å². The summed E-state index contributed by atoms with van der Waals surface area (Å²) in [7, 11) is 1.85. The Morgan fingerprint density at radius 2 is 2.12 bits per heavy atom. The highest BCUT2D eigenvalue weighted by atomic mass is 32.1. The molecule has 1 aromatic carbocycles. The van der Waals surface area contributed by atoms with Crippen LogP contribution in [0.3, 0.4) is 0 Å². The van der Waals surface area contributed by atoms with Crippen LogP contribution < -0.4 is 5.32 Å². The summed E-state index contributed by atoms with van der Waals surface area (Å²) in [6.07, 6.45) is 2.29. The van der Waals surface area contributed by atoms with Gasteiger partial charge in [0.05, 0.1) is 6.54 Å². The lowest BCUT2D eigenvalue weighted by atomic mass is 10.1. The summed E-state index contributed by atoms with van der Waals surface area (Å²) in [6.45, 7) is 4.77. The Kier molecular flexibility index (Phi) is 6.48. The zero-order chi connectivity index (χ0) is 17.5. The van der Waals surface area contributed by atoms with E-state index in [0.717, 1.165) is 32.6 Å². The van der Waals surface area contributed by atoms with Gasteiger partial charge in [-0.1, -0.05) is 36.4 Å². The Bertz CT molecular complexity index is 644. The molecule has 2 heterocycles. The number of urea groups is 1. The summed E-state index contributed by atoms with van der Waals surface area (Å²) in [5, 5.41) is 5.10. The summed E-state index contributed by atoms with van der Waals surface area (Å²) in [4.78, 5) is 17.6. The van der Waals surface area contributed by atoms with Crippen LogP contribution in [0.1, 0.15) is 23.3 Å². The van der Waals surface area contributed by atoms with Gasteiger partial charge in [0, 0.05) is 31.6 Å². The van der Waals surface area contributed by atoms with Crippen molar-refractivity contribution in [2.45, 2.75) is 25.9 Å². The van der Waals surface area contributed by atoms with E-state index in [9.17, 15) is 4.79 Å². The highest BCUT2D eigenvalue weighted by Crippen LogP contribution is 2.21. The van der Waals surface area contributed by atoms with Crippen molar-refractivity contribution in [3.8, 4) is 0 Å². The molecule has 0 radical (unpaired) electrons. The lowest BCUT2D eigenvalue weighted by Crippen LogP contribution is -2.37. The van der Waals surface area contributed by atoms with E-state index in [1.165, 1.54) is 16.9 Å². The van der Waals surface area contributed by atoms with Crippen LogP contribution in [-0.2, 0) is 13.1 Å². The van der Waals surface area contributed by atoms with Crippen molar-refractivity contribution < 1.29 is 4.79 Å². The van der Waals surface area contributed by atoms with E-state index in [1.807, 2.05) is 18.5 Å². The third kappa shape index (κ3) is 5.58. The smallest absolute Gasteiger partial charge is 0.317 e. The molecule has 1 N–H and O–H groups in total. The lowest BCUT2D eigenvalue weighted by molar-refractivity contribution is 0.206. The second-order valence-corrected chi connectivity index (χ2v) is 7.86. The monoisotopic (exact) mass is 357 g/mol. The van der Waals surface area contributed by atoms with E-state index < -0.39 is 0 Å². The Morgan fingerprint density at radius 3 is 2.88 bits per heavy atom. The molecule has 1 atom stereocenters. The molecular formula is C20H27N3OS. The number of thiophene rings is 1. The number of hydrogen-bond acceptors (Lipinski definition) is 3. The first kappa shape index (κ1) is 18.0. The minimum absolute atomic E-state index is 0.0209. The van der Waals surface area contributed by atoms with Gasteiger partial charge < -0.3 is 10.2 Å². The van der Waals surface area contributed by atoms with Gasteiger partial charge in [0.2, 0.25) is 0 Å². The standard InChI is InChI=1S/C20H27N3OS/c1-22(16-19-8-5-13-25-19)20(24)21-11-9-18-10-12-23(15-18)14-17-6-3-2-4-7-17/h2-8,13,18H,9-12,14-16H2,1H3,(H,21,24)/t18-/m0/s1. The third-order valence-corrected chi connectivity index (χ3v) is 5.63. The van der Waals surface area contributed by atoms with Gasteiger partial charge in [-0.05, 0) is 42.3 Å². The molecule has 0 unspecified atom stereocenters. The van der Waals surface area contributed by atoms with Gasteiger partial charge in [-0.3, -0.25) is 4.90 Å². The number of nitrogens with zero attached hydrogens (tertiary/aromatic N) is 2. The molecule has 1 aliphatic heterocycles. The van der Waals surface area contributed by atoms with E-state index >= 15 is 0 Å². The van der Waals surface area contributed by atoms with Crippen LogP contribution in [0.2, 0.25) is 0 Å². The summed E-state index contributed by atoms with van der Waals surface area (Å²) >= 11 is 1.69. The van der Waals surface area contributed by atoms with E-state index in [0.29, 0.717) is 12.5 Å². The zero-order valence-electron chi connectivity index (χ0n) is 14.9. The molecule has 0 aliphatic carbocycles. The highest BCUT2D eigenvalue weighted by molar-refractivity contribution is 7.09. The van der Waals surface area contributed by atoms with Crippen LogP contribution in [0.4, 0.5) is 4.79 Å². The van der Waals surface area contributed by atoms with Gasteiger partial charge >= 0.3 is 6.03 Å². The molecule has 5 heteroatoms. The predicted molar refractivity (Wildman–Crippen MR) is 104 cm³/mol. The fourth-order valence-corrected chi connectivity index (χ4v) is 4.12. The molecule has 1 saturated heterocycles. The average Bonchev–Trinajstić information content (AvgIpc) is 3.28. The number of likely N-dealkylation sites (tertiary alicyclic amines) is 1. The quantitative estimate of drug-likeness (QED) is 0.818. The number of amides is 2. The third-order valence-electron chi connectivity index (χ3n) is 4.77. The second-order valence-electron chi connectivity index (χ2n) is 6.83. The maximum Gasteiger partial charge on any atom is 0.317 e. The summed E-state index contributed by atoms with van der Waals surface area (Å²) in [5.74, 6) is 0.687. The fourth-order valence-electron chi connectivity index (χ4n) is 3.36. The molecule has 0 saturated carbocycles. The van der Waals surface area contributed by atoms with Gasteiger partial charge in [0.15, 0.2) is 0 Å². The summed E-state index contributed by atoms with van der Waals surface area (Å²) in [6, 6.07) is 14.8. The van der Waals surface area contributed by atoms with Gasteiger partial charge in [-0.25, -0.2) is 4.79 Å². The van der Waals surface area contributed by atoms with E-state index in [4.69, 9.17) is 0 Å². The first-order valence-electron chi connectivity index (χ1n) is 8.98. The molecule has 2 amide bonds. The largest absolute Gasteiger partial charge is 0.338 e. The van der Waals surface area contributed by atoms with Crippen LogP contribution in [0.5, 0.6) is 0 Å². The Labute approximate surface area is 154 Å². The van der Waals surface area contributed by atoms with Crippen LogP contribution in [0.15, 0.2) is 47.8 Å². The van der Waals surface area contributed by atoms with Gasteiger partial charge in [-0.15, -0.1) is 11.3 Å². The molecule has 1 aliphatic rings. The van der Waals surface area contributed by atoms with Crippen molar-refractivity contribution >= 4 is 17.4 Å². The number of benzene rings is 1. The first-order valence-corrected chi connectivity index (χ1v) is 9.86. The molecule has 1 fully saturated rings. The van der Waals surface area contributed by atoms with Crippen molar-refractivity contribution in [3.63, 3.8) is 0 Å². The topological polar surface area (TPSA) is 35.6 Å². The molecular weight excluding hydrogens is 330 g/mol. The van der Waals surface area contributed by atoms with Gasteiger partial charge in [-0.2, -0.15) is 0 Å². The van der Waals surface area contributed by atoms with Crippen LogP contribution >= 0.6 is 11.3 Å². The Balaban J connectivity index is 1.33. The highest BCUT2D eigenvalue weighted by Gasteiger charge is 2.22. The Hall–Kier alpha value is -1.85. The van der Waals surface area contributed by atoms with E-state index in [1.54, 1.807) is 16.2 Å². The van der Waals surface area contributed by atoms with E-state index in [2.05, 4.69) is 46.6 Å². The average molecular weight is 358 g/mol. The maximum absolute atomic E-state index is 12.2. The molecule has 134 valence electrons. The molecule has 3 rings (SSSR count). The molecule has 4 nitrogen and oxygen atoms in total. The lowest BCUT2D eigenvalue weighted by Gasteiger charge is -2.18.